The normalized spacial score (nSPS) is 21.1. The first-order chi connectivity index (χ1) is 11.2. The van der Waals surface area contributed by atoms with Gasteiger partial charge in [-0.05, 0) is 30.9 Å². The largest absolute Gasteiger partial charge is 0.353 e. The number of nitrogens with zero attached hydrogens (tertiary/aromatic N) is 3. The Hall–Kier alpha value is -2.24. The average molecular weight is 314 g/mol. The monoisotopic (exact) mass is 314 g/mol. The van der Waals surface area contributed by atoms with E-state index in [2.05, 4.69) is 27.4 Å². The van der Waals surface area contributed by atoms with Crippen molar-refractivity contribution < 1.29 is 9.32 Å². The van der Waals surface area contributed by atoms with E-state index in [1.807, 2.05) is 12.1 Å². The molecule has 2 aromatic heterocycles. The minimum absolute atomic E-state index is 0.0601. The maximum absolute atomic E-state index is 12.1. The molecule has 1 amide bonds. The Morgan fingerprint density at radius 1 is 1.39 bits per heavy atom. The highest BCUT2D eigenvalue weighted by molar-refractivity contribution is 5.76. The van der Waals surface area contributed by atoms with Crippen LogP contribution in [0.2, 0.25) is 0 Å². The van der Waals surface area contributed by atoms with E-state index >= 15 is 0 Å². The molecule has 1 fully saturated rings. The number of carbonyl (C=O) groups excluding carboxylic acids is 1. The number of hydrogen-bond donors (Lipinski definition) is 1. The molecule has 6 heteroatoms. The molecule has 0 aromatic carbocycles. The zero-order chi connectivity index (χ0) is 16.1. The van der Waals surface area contributed by atoms with Gasteiger partial charge in [-0.25, -0.2) is 0 Å². The second-order valence-corrected chi connectivity index (χ2v) is 6.19. The third-order valence-electron chi connectivity index (χ3n) is 4.41. The molecule has 0 radical (unpaired) electrons. The molecule has 1 aliphatic carbocycles. The summed E-state index contributed by atoms with van der Waals surface area (Å²) in [5, 5.41) is 7.07. The maximum atomic E-state index is 12.1. The molecule has 2 atom stereocenters. The van der Waals surface area contributed by atoms with Gasteiger partial charge in [-0.3, -0.25) is 9.78 Å². The van der Waals surface area contributed by atoms with Gasteiger partial charge < -0.3 is 9.84 Å². The summed E-state index contributed by atoms with van der Waals surface area (Å²) in [4.78, 5) is 20.4. The van der Waals surface area contributed by atoms with Crippen molar-refractivity contribution in [1.82, 2.24) is 20.4 Å². The Morgan fingerprint density at radius 3 is 3.04 bits per heavy atom. The third kappa shape index (κ3) is 4.15. The Balaban J connectivity index is 1.50. The summed E-state index contributed by atoms with van der Waals surface area (Å²) >= 11 is 0. The number of aromatic nitrogens is 3. The highest BCUT2D eigenvalue weighted by Crippen LogP contribution is 2.23. The van der Waals surface area contributed by atoms with E-state index in [4.69, 9.17) is 4.52 Å². The van der Waals surface area contributed by atoms with Crippen LogP contribution in [0.3, 0.4) is 0 Å². The van der Waals surface area contributed by atoms with Crippen LogP contribution in [0.25, 0.3) is 11.4 Å². The molecular formula is C17H22N4O2. The van der Waals surface area contributed by atoms with Crippen molar-refractivity contribution in [3.63, 3.8) is 0 Å². The lowest BCUT2D eigenvalue weighted by molar-refractivity contribution is -0.122. The summed E-state index contributed by atoms with van der Waals surface area (Å²) < 4.78 is 5.21. The van der Waals surface area contributed by atoms with Gasteiger partial charge in [0.25, 0.3) is 0 Å². The Labute approximate surface area is 135 Å². The van der Waals surface area contributed by atoms with Crippen LogP contribution in [-0.2, 0) is 11.2 Å². The van der Waals surface area contributed by atoms with Crippen LogP contribution in [0.5, 0.6) is 0 Å². The van der Waals surface area contributed by atoms with Crippen molar-refractivity contribution in [2.75, 3.05) is 0 Å². The highest BCUT2D eigenvalue weighted by Gasteiger charge is 2.22. The Kier molecular flexibility index (Phi) is 5.00. The molecule has 0 aliphatic heterocycles. The average Bonchev–Trinajstić information content (AvgIpc) is 3.05. The predicted molar refractivity (Wildman–Crippen MR) is 85.4 cm³/mol. The summed E-state index contributed by atoms with van der Waals surface area (Å²) in [7, 11) is 0. The molecule has 1 N–H and O–H groups in total. The van der Waals surface area contributed by atoms with Gasteiger partial charge in [0, 0.05) is 36.8 Å². The van der Waals surface area contributed by atoms with Gasteiger partial charge in [0.2, 0.25) is 17.6 Å². The number of nitrogens with one attached hydrogen (secondary N) is 1. The summed E-state index contributed by atoms with van der Waals surface area (Å²) in [6.07, 6.45) is 8.97. The summed E-state index contributed by atoms with van der Waals surface area (Å²) in [6, 6.07) is 4.01. The summed E-state index contributed by atoms with van der Waals surface area (Å²) in [5.74, 6) is 1.61. The molecule has 1 aliphatic rings. The summed E-state index contributed by atoms with van der Waals surface area (Å²) in [6.45, 7) is 2.21. The summed E-state index contributed by atoms with van der Waals surface area (Å²) in [5.41, 5.74) is 0.808. The second kappa shape index (κ2) is 7.35. The highest BCUT2D eigenvalue weighted by atomic mass is 16.5. The van der Waals surface area contributed by atoms with Crippen LogP contribution in [0.4, 0.5) is 0 Å². The van der Waals surface area contributed by atoms with Gasteiger partial charge in [-0.1, -0.05) is 24.9 Å². The molecule has 1 saturated carbocycles. The fourth-order valence-electron chi connectivity index (χ4n) is 3.00. The fraction of sp³-hybridized carbons (Fsp3) is 0.529. The first kappa shape index (κ1) is 15.6. The van der Waals surface area contributed by atoms with E-state index in [-0.39, 0.29) is 5.91 Å². The number of rotatable bonds is 5. The van der Waals surface area contributed by atoms with Crippen molar-refractivity contribution in [2.45, 2.75) is 51.5 Å². The standard InChI is InChI=1S/C17H22N4O2/c1-12-5-2-3-7-14(12)19-15(22)8-9-16-20-17(21-23-16)13-6-4-10-18-11-13/h4,6,10-12,14H,2-3,5,7-9H2,1H3,(H,19,22)/t12-,14+/m1/s1. The fourth-order valence-corrected chi connectivity index (χ4v) is 3.00. The van der Waals surface area contributed by atoms with Crippen molar-refractivity contribution in [3.8, 4) is 11.4 Å². The van der Waals surface area contributed by atoms with E-state index in [0.717, 1.165) is 12.0 Å². The molecule has 2 aromatic rings. The van der Waals surface area contributed by atoms with E-state index in [1.165, 1.54) is 19.3 Å². The van der Waals surface area contributed by atoms with Crippen LogP contribution < -0.4 is 5.32 Å². The second-order valence-electron chi connectivity index (χ2n) is 6.19. The van der Waals surface area contributed by atoms with E-state index < -0.39 is 0 Å². The van der Waals surface area contributed by atoms with Gasteiger partial charge in [0.1, 0.15) is 0 Å². The molecule has 23 heavy (non-hydrogen) atoms. The SMILES string of the molecule is C[C@@H]1CCCC[C@@H]1NC(=O)CCc1nc(-c2cccnc2)no1. The van der Waals surface area contributed by atoms with Gasteiger partial charge in [0.15, 0.2) is 0 Å². The number of carbonyl (C=O) groups is 1. The predicted octanol–water partition coefficient (Wildman–Crippen LogP) is 2.76. The lowest BCUT2D eigenvalue weighted by atomic mass is 9.86. The third-order valence-corrected chi connectivity index (χ3v) is 4.41. The molecule has 3 rings (SSSR count). The topological polar surface area (TPSA) is 80.9 Å². The minimum Gasteiger partial charge on any atom is -0.353 e. The van der Waals surface area contributed by atoms with Crippen LogP contribution in [0, 0.1) is 5.92 Å². The number of amides is 1. The molecule has 0 saturated heterocycles. The van der Waals surface area contributed by atoms with Gasteiger partial charge in [-0.2, -0.15) is 4.98 Å². The molecule has 0 spiro atoms. The van der Waals surface area contributed by atoms with Gasteiger partial charge in [-0.15, -0.1) is 0 Å². The van der Waals surface area contributed by atoms with Crippen molar-refractivity contribution in [3.05, 3.63) is 30.4 Å². The van der Waals surface area contributed by atoms with Crippen LogP contribution in [0.15, 0.2) is 29.0 Å². The molecule has 122 valence electrons. The van der Waals surface area contributed by atoms with Crippen molar-refractivity contribution in [2.24, 2.45) is 5.92 Å². The Morgan fingerprint density at radius 2 is 2.26 bits per heavy atom. The molecule has 0 bridgehead atoms. The number of pyridine rings is 1. The minimum atomic E-state index is 0.0601. The lowest BCUT2D eigenvalue weighted by Gasteiger charge is -2.29. The van der Waals surface area contributed by atoms with E-state index in [9.17, 15) is 4.79 Å². The molecule has 2 heterocycles. The first-order valence-corrected chi connectivity index (χ1v) is 8.25. The zero-order valence-corrected chi connectivity index (χ0v) is 13.4. The van der Waals surface area contributed by atoms with Gasteiger partial charge in [0.05, 0.1) is 0 Å². The molecule has 0 unspecified atom stereocenters. The Bertz CT molecular complexity index is 641. The van der Waals surface area contributed by atoms with Crippen LogP contribution >= 0.6 is 0 Å². The number of aryl methyl sites for hydroxylation is 1. The van der Waals surface area contributed by atoms with Crippen molar-refractivity contribution in [1.29, 1.82) is 0 Å². The van der Waals surface area contributed by atoms with E-state index in [1.54, 1.807) is 12.4 Å². The zero-order valence-electron chi connectivity index (χ0n) is 13.4. The first-order valence-electron chi connectivity index (χ1n) is 8.25. The van der Waals surface area contributed by atoms with Crippen LogP contribution in [-0.4, -0.2) is 27.1 Å². The molecule has 6 nitrogen and oxygen atoms in total. The van der Waals surface area contributed by atoms with Gasteiger partial charge >= 0.3 is 0 Å². The molecular weight excluding hydrogens is 292 g/mol. The van der Waals surface area contributed by atoms with Crippen molar-refractivity contribution >= 4 is 5.91 Å². The van der Waals surface area contributed by atoms with Crippen LogP contribution in [0.1, 0.15) is 44.9 Å². The number of hydrogen-bond acceptors (Lipinski definition) is 5. The van der Waals surface area contributed by atoms with E-state index in [0.29, 0.717) is 36.5 Å². The lowest BCUT2D eigenvalue weighted by Crippen LogP contribution is -2.41. The quantitative estimate of drug-likeness (QED) is 0.917. The maximum Gasteiger partial charge on any atom is 0.227 e. The smallest absolute Gasteiger partial charge is 0.227 e.